The van der Waals surface area contributed by atoms with Gasteiger partial charge in [0.25, 0.3) is 0 Å². The summed E-state index contributed by atoms with van der Waals surface area (Å²) in [5.74, 6) is 0. The van der Waals surface area contributed by atoms with Crippen LogP contribution in [0.2, 0.25) is 0 Å². The molecule has 0 spiro atoms. The summed E-state index contributed by atoms with van der Waals surface area (Å²) in [5, 5.41) is 0. The van der Waals surface area contributed by atoms with Gasteiger partial charge in [0.2, 0.25) is 0 Å². The molecule has 0 heterocycles. The first-order chi connectivity index (χ1) is 1.73. The topological polar surface area (TPSA) is 0 Å². The van der Waals surface area contributed by atoms with E-state index >= 15 is 0 Å². The first kappa shape index (κ1) is 8.98. The molecule has 0 atom stereocenters. The fraction of sp³-hybridized carbons (Fsp3) is 0. The van der Waals surface area contributed by atoms with Gasteiger partial charge in [-0.05, 0) is 0 Å². The third kappa shape index (κ3) is 338. The molecule has 0 fully saturated rings. The number of rotatable bonds is 0. The van der Waals surface area contributed by atoms with Gasteiger partial charge >= 0.3 is 15.5 Å². The highest BCUT2D eigenvalue weighted by Crippen LogP contribution is 1.80. The molecule has 0 rings (SSSR count). The zero-order chi connectivity index (χ0) is 3.58. The summed E-state index contributed by atoms with van der Waals surface area (Å²) in [4.78, 5) is 0. The summed E-state index contributed by atoms with van der Waals surface area (Å²) in [7, 11) is 0. The lowest BCUT2D eigenvalue weighted by molar-refractivity contribution is -0.00000365. The normalized spacial score (nSPS) is 5.40. The first-order valence-electron chi connectivity index (χ1n) is 0.655. The fourth-order valence-electron chi connectivity index (χ4n) is 0. The molecule has 0 amide bonds. The molecule has 0 aliphatic rings. The zero-order valence-corrected chi connectivity index (χ0v) is 3.24. The maximum Gasteiger partial charge on any atom is 1.04 e. The molecule has 0 radical (unpaired) electrons. The van der Waals surface area contributed by atoms with Crippen LogP contribution < -0.4 is 4.70 Å². The highest BCUT2D eigenvalue weighted by molar-refractivity contribution is 6.33. The van der Waals surface area contributed by atoms with Crippen LogP contribution in [0.25, 0.3) is 0 Å². The van der Waals surface area contributed by atoms with Gasteiger partial charge in [-0.3, -0.25) is 0 Å². The van der Waals surface area contributed by atoms with Crippen LogP contribution in [0.5, 0.6) is 0 Å². The Hall–Kier alpha value is 0.252. The molecular weight excluding hydrogens is 103 g/mol. The second-order valence-electron chi connectivity index (χ2n) is 0.247. The van der Waals surface area contributed by atoms with E-state index in [1.807, 2.05) is 0 Å². The van der Waals surface area contributed by atoms with E-state index in [1.165, 1.54) is 0 Å². The molecule has 5 heteroatoms. The van der Waals surface area contributed by atoms with Crippen molar-refractivity contribution in [2.24, 2.45) is 0 Å². The summed E-state index contributed by atoms with van der Waals surface area (Å²) in [5.41, 5.74) is 0. The molecule has 0 aromatic rings. The number of hydrogen-bond donors (Lipinski definition) is 0. The highest BCUT2D eigenvalue weighted by Gasteiger charge is 2.21. The Morgan fingerprint density at radius 1 is 1.00 bits per heavy atom. The van der Waals surface area contributed by atoms with Crippen molar-refractivity contribution in [2.45, 2.75) is 0 Å². The van der Waals surface area contributed by atoms with Crippen LogP contribution in [0.15, 0.2) is 0 Å². The average Bonchev–Trinajstić information content (AvgIpc) is 0.811. The quantitative estimate of drug-likeness (QED) is 0.243. The molecule has 0 saturated carbocycles. The first-order valence-corrected chi connectivity index (χ1v) is 1.96. The van der Waals surface area contributed by atoms with E-state index in [0.29, 0.717) is 0 Å². The van der Waals surface area contributed by atoms with Gasteiger partial charge in [0.1, 0.15) is 0 Å². The molecule has 0 N–H and O–H groups in total. The summed E-state index contributed by atoms with van der Waals surface area (Å²) in [6, 6.07) is 0. The predicted molar refractivity (Wildman–Crippen MR) is 9.08 cm³/mol. The van der Waals surface area contributed by atoms with Gasteiger partial charge in [-0.15, -0.1) is 0 Å². The largest absolute Gasteiger partial charge is 1.04 e. The molecule has 0 bridgehead atoms. The Morgan fingerprint density at radius 2 is 1.00 bits per heavy atom. The smallest absolute Gasteiger partial charge is 1.00 e. The number of hydrogen-bond acceptors (Lipinski definition) is 0. The Kier molecular flexibility index (Phi) is 7.64. The van der Waals surface area contributed by atoms with Crippen LogP contribution in [0.3, 0.4) is 0 Å². The van der Waals surface area contributed by atoms with Crippen molar-refractivity contribution in [1.29, 1.82) is 0 Å². The van der Waals surface area contributed by atoms with Gasteiger partial charge < -0.3 is 15.3 Å². The molecule has 0 aromatic carbocycles. The van der Waals surface area contributed by atoms with Crippen molar-refractivity contribution in [1.82, 2.24) is 0 Å². The summed E-state index contributed by atoms with van der Waals surface area (Å²) < 4.78 is 29.4. The van der Waals surface area contributed by atoms with Crippen LogP contribution in [0, 0.1) is 0 Å². The van der Waals surface area contributed by atoms with Crippen LogP contribution >= 0.6 is 0 Å². The van der Waals surface area contributed by atoms with E-state index in [9.17, 15) is 10.6 Å². The monoisotopic (exact) mass is 103 g/mol. The van der Waals surface area contributed by atoms with Gasteiger partial charge in [-0.2, -0.15) is 0 Å². The third-order valence-electron chi connectivity index (χ3n) is 0. The van der Waals surface area contributed by atoms with E-state index in [2.05, 4.69) is 0 Å². The molecule has 0 aromatic heterocycles. The van der Waals surface area contributed by atoms with Gasteiger partial charge in [-0.25, -0.2) is 0 Å². The van der Waals surface area contributed by atoms with Crippen LogP contribution in [0.4, 0.5) is 10.6 Å². The van der Waals surface area contributed by atoms with Crippen molar-refractivity contribution in [3.63, 3.8) is 0 Å². The van der Waals surface area contributed by atoms with Crippen LogP contribution in [-0.2, 0) is 0 Å². The molecule has 0 nitrogen and oxygen atoms in total. The van der Waals surface area contributed by atoms with Gasteiger partial charge in [-0.1, -0.05) is 0 Å². The highest BCUT2D eigenvalue weighted by atomic mass is 27.3. The Bertz CT molecular complexity index is 8.36. The second-order valence-corrected chi connectivity index (χ2v) is 0.742. The molecular formula is AlF4-. The van der Waals surface area contributed by atoms with E-state index in [1.54, 1.807) is 0 Å². The number of halogens is 4. The minimum absolute atomic E-state index is 0. The van der Waals surface area contributed by atoms with Crippen molar-refractivity contribution in [3.8, 4) is 0 Å². The minimum atomic E-state index is -4.64. The van der Waals surface area contributed by atoms with E-state index in [0.717, 1.165) is 0 Å². The van der Waals surface area contributed by atoms with Crippen molar-refractivity contribution >= 4 is 15.5 Å². The van der Waals surface area contributed by atoms with E-state index in [4.69, 9.17) is 0 Å². The van der Waals surface area contributed by atoms with Crippen LogP contribution in [0.1, 0.15) is 0 Å². The Morgan fingerprint density at radius 3 is 1.00 bits per heavy atom. The van der Waals surface area contributed by atoms with E-state index < -0.39 is 15.5 Å². The molecule has 5 heavy (non-hydrogen) atoms. The predicted octanol–water partition coefficient (Wildman–Crippen LogP) is -2.12. The third-order valence-corrected chi connectivity index (χ3v) is 0. The fourth-order valence-corrected chi connectivity index (χ4v) is 0. The summed E-state index contributed by atoms with van der Waals surface area (Å²) >= 11 is -4.64. The van der Waals surface area contributed by atoms with Gasteiger partial charge in [0.15, 0.2) is 0 Å². The maximum atomic E-state index is 9.81. The van der Waals surface area contributed by atoms with Crippen LogP contribution in [-0.4, -0.2) is 15.5 Å². The standard InChI is InChI=1S/Al.4FH/h;4*1H/q+3;;;;/p-4. The average molecular weight is 103 g/mol. The van der Waals surface area contributed by atoms with Crippen molar-refractivity contribution < 1.29 is 15.3 Å². The van der Waals surface area contributed by atoms with Gasteiger partial charge in [0.05, 0.1) is 0 Å². The van der Waals surface area contributed by atoms with Gasteiger partial charge in [0, 0.05) is 0 Å². The minimum Gasteiger partial charge on any atom is -1.00 e. The molecule has 0 saturated heterocycles. The Labute approximate surface area is 31.8 Å². The summed E-state index contributed by atoms with van der Waals surface area (Å²) in [6.07, 6.45) is 0. The lowest BCUT2D eigenvalue weighted by Gasteiger charge is -1.52. The van der Waals surface area contributed by atoms with Crippen molar-refractivity contribution in [3.05, 3.63) is 0 Å². The summed E-state index contributed by atoms with van der Waals surface area (Å²) in [6.45, 7) is 0. The zero-order valence-electron chi connectivity index (χ0n) is 2.09. The second kappa shape index (κ2) is 4.25. The lowest BCUT2D eigenvalue weighted by atomic mass is 18.6. The van der Waals surface area contributed by atoms with Crippen molar-refractivity contribution in [2.75, 3.05) is 0 Å². The lowest BCUT2D eigenvalue weighted by Crippen LogP contribution is -3.00. The van der Waals surface area contributed by atoms with E-state index in [-0.39, 0.29) is 4.70 Å². The Balaban J connectivity index is 0. The maximum absolute atomic E-state index is 9.81. The molecule has 0 aliphatic heterocycles. The molecule has 0 unspecified atom stereocenters. The SMILES string of the molecule is [F-].[F][Al]([F])[F]. The molecule has 0 aliphatic carbocycles. The molecule has 32 valence electrons.